The number of hydrogen-bond donors (Lipinski definition) is 3. The summed E-state index contributed by atoms with van der Waals surface area (Å²) in [7, 11) is 0. The first-order chi connectivity index (χ1) is 23.2. The number of aromatic amines is 1. The number of rotatable bonds is 10. The van der Waals surface area contributed by atoms with Crippen LogP contribution in [0.2, 0.25) is 0 Å². The molecule has 0 spiro atoms. The van der Waals surface area contributed by atoms with E-state index in [4.69, 9.17) is 4.42 Å². The van der Waals surface area contributed by atoms with Gasteiger partial charge in [0, 0.05) is 61.4 Å². The second-order valence-corrected chi connectivity index (χ2v) is 14.0. The first kappa shape index (κ1) is 34.0. The Morgan fingerprint density at radius 3 is 2.50 bits per heavy atom. The van der Waals surface area contributed by atoms with E-state index in [-0.39, 0.29) is 30.4 Å². The summed E-state index contributed by atoms with van der Waals surface area (Å²) in [5, 5.41) is 6.06. The highest BCUT2D eigenvalue weighted by atomic mass is 79.9. The molecule has 0 aliphatic carbocycles. The van der Waals surface area contributed by atoms with Crippen molar-refractivity contribution >= 4 is 50.7 Å². The fourth-order valence-electron chi connectivity index (χ4n) is 7.36. The average molecular weight is 725 g/mol. The third-order valence-corrected chi connectivity index (χ3v) is 10.9. The summed E-state index contributed by atoms with van der Waals surface area (Å²) < 4.78 is 6.02. The quantitative estimate of drug-likeness (QED) is 0.266. The summed E-state index contributed by atoms with van der Waals surface area (Å²) in [6.07, 6.45) is 5.65. The van der Waals surface area contributed by atoms with Crippen LogP contribution in [0.5, 0.6) is 0 Å². The van der Waals surface area contributed by atoms with Gasteiger partial charge in [-0.15, -0.1) is 0 Å². The first-order valence-corrected chi connectivity index (χ1v) is 18.1. The predicted molar refractivity (Wildman–Crippen MR) is 188 cm³/mol. The molecule has 0 unspecified atom stereocenters. The van der Waals surface area contributed by atoms with Gasteiger partial charge in [-0.1, -0.05) is 54.4 Å². The van der Waals surface area contributed by atoms with Crippen molar-refractivity contribution in [3.8, 4) is 0 Å². The van der Waals surface area contributed by atoms with Gasteiger partial charge < -0.3 is 34.7 Å². The number of para-hydroxylation sites is 1. The molecule has 13 heteroatoms. The smallest absolute Gasteiger partial charge is 0.408 e. The van der Waals surface area contributed by atoms with Crippen LogP contribution in [-0.2, 0) is 17.8 Å². The Morgan fingerprint density at radius 2 is 1.77 bits per heavy atom. The van der Waals surface area contributed by atoms with E-state index in [9.17, 15) is 19.2 Å². The number of likely N-dealkylation sites (tertiary alicyclic amines) is 2. The molecule has 2 saturated heterocycles. The number of urea groups is 2. The monoisotopic (exact) mass is 723 g/mol. The number of halogens is 1. The lowest BCUT2D eigenvalue weighted by Gasteiger charge is -2.41. The minimum atomic E-state index is -0.807. The second kappa shape index (κ2) is 15.1. The molecular formula is C35H46BrN7O5. The number of H-pyrrole nitrogens is 1. The third-order valence-electron chi connectivity index (χ3n) is 10.2. The molecule has 5 amide bonds. The van der Waals surface area contributed by atoms with Gasteiger partial charge in [0.15, 0.2) is 5.58 Å². The van der Waals surface area contributed by atoms with Gasteiger partial charge in [-0.25, -0.2) is 14.4 Å². The minimum absolute atomic E-state index is 0.0137. The molecule has 3 N–H and O–H groups in total. The molecule has 0 radical (unpaired) electrons. The van der Waals surface area contributed by atoms with E-state index in [2.05, 4.69) is 50.3 Å². The Bertz CT molecular complexity index is 1670. The number of aromatic nitrogens is 1. The lowest BCUT2D eigenvalue weighted by molar-refractivity contribution is -0.134. The van der Waals surface area contributed by atoms with E-state index in [0.29, 0.717) is 62.7 Å². The average Bonchev–Trinajstić information content (AvgIpc) is 3.46. The number of amides is 5. The zero-order chi connectivity index (χ0) is 33.8. The maximum Gasteiger partial charge on any atom is 0.417 e. The maximum absolute atomic E-state index is 14.1. The zero-order valence-corrected chi connectivity index (χ0v) is 29.4. The predicted octanol–water partition coefficient (Wildman–Crippen LogP) is 5.13. The first-order valence-electron chi connectivity index (χ1n) is 17.3. The van der Waals surface area contributed by atoms with Gasteiger partial charge >= 0.3 is 17.8 Å². The van der Waals surface area contributed by atoms with Gasteiger partial charge in [0.25, 0.3) is 0 Å². The number of piperidine rings is 2. The molecule has 0 saturated carbocycles. The molecule has 6 rings (SSSR count). The molecular weight excluding hydrogens is 678 g/mol. The molecule has 12 nitrogen and oxygen atoms in total. The highest BCUT2D eigenvalue weighted by Gasteiger charge is 2.35. The van der Waals surface area contributed by atoms with Crippen molar-refractivity contribution in [1.29, 1.82) is 0 Å². The van der Waals surface area contributed by atoms with E-state index in [1.807, 2.05) is 34.1 Å². The van der Waals surface area contributed by atoms with Crippen LogP contribution in [0.25, 0.3) is 11.1 Å². The Labute approximate surface area is 289 Å². The SMILES string of the molecule is CCCCN(CC)C1CCN(C(=O)[C@@H](Cc2cc3oc(=O)[nH]c3cc2Br)NC(=O)N2CCC(N3Cc4ccccc4NC3=O)CC2)CC1. The number of fused-ring (bicyclic) bond motifs is 2. The van der Waals surface area contributed by atoms with Crippen molar-refractivity contribution in [2.45, 2.75) is 83.5 Å². The summed E-state index contributed by atoms with van der Waals surface area (Å²) >= 11 is 3.60. The molecule has 1 atom stereocenters. The lowest BCUT2D eigenvalue weighted by Crippen LogP contribution is -2.57. The van der Waals surface area contributed by atoms with Crippen LogP contribution < -0.4 is 16.4 Å². The number of hydrogen-bond acceptors (Lipinski definition) is 6. The number of nitrogens with zero attached hydrogens (tertiary/aromatic N) is 4. The van der Waals surface area contributed by atoms with Gasteiger partial charge in [0.1, 0.15) is 6.04 Å². The summed E-state index contributed by atoms with van der Waals surface area (Å²) in [5.74, 6) is -0.660. The number of unbranched alkanes of at least 4 members (excludes halogenated alkanes) is 1. The highest BCUT2D eigenvalue weighted by Crippen LogP contribution is 2.29. The Morgan fingerprint density at radius 1 is 1.04 bits per heavy atom. The number of oxazole rings is 1. The van der Waals surface area contributed by atoms with Crippen molar-refractivity contribution in [3.63, 3.8) is 0 Å². The second-order valence-electron chi connectivity index (χ2n) is 13.1. The number of benzene rings is 2. The molecule has 1 aromatic heterocycles. The molecule has 3 aromatic rings. The molecule has 3 aliphatic rings. The van der Waals surface area contributed by atoms with Crippen molar-refractivity contribution in [3.05, 3.63) is 62.5 Å². The van der Waals surface area contributed by atoms with E-state index >= 15 is 0 Å². The van der Waals surface area contributed by atoms with Crippen molar-refractivity contribution in [1.82, 2.24) is 29.9 Å². The van der Waals surface area contributed by atoms with Crippen molar-refractivity contribution in [2.24, 2.45) is 0 Å². The van der Waals surface area contributed by atoms with Crippen LogP contribution in [0.15, 0.2) is 50.1 Å². The van der Waals surface area contributed by atoms with E-state index in [0.717, 1.165) is 60.1 Å². The van der Waals surface area contributed by atoms with Gasteiger partial charge in [0.05, 0.1) is 5.52 Å². The van der Waals surface area contributed by atoms with Crippen LogP contribution in [0.1, 0.15) is 63.5 Å². The van der Waals surface area contributed by atoms with Crippen LogP contribution in [0.3, 0.4) is 0 Å². The van der Waals surface area contributed by atoms with Crippen LogP contribution >= 0.6 is 15.9 Å². The summed E-state index contributed by atoms with van der Waals surface area (Å²) in [5.41, 5.74) is 3.63. The van der Waals surface area contributed by atoms with Crippen LogP contribution in [-0.4, -0.2) is 99.9 Å². The van der Waals surface area contributed by atoms with Crippen molar-refractivity contribution in [2.75, 3.05) is 44.6 Å². The summed E-state index contributed by atoms with van der Waals surface area (Å²) in [6, 6.07) is 10.6. The minimum Gasteiger partial charge on any atom is -0.408 e. The molecule has 0 bridgehead atoms. The highest BCUT2D eigenvalue weighted by molar-refractivity contribution is 9.10. The Balaban J connectivity index is 1.13. The van der Waals surface area contributed by atoms with Gasteiger partial charge in [0.2, 0.25) is 5.91 Å². The maximum atomic E-state index is 14.1. The topological polar surface area (TPSA) is 134 Å². The zero-order valence-electron chi connectivity index (χ0n) is 27.8. The Kier molecular flexibility index (Phi) is 10.7. The number of nitrogens with one attached hydrogen (secondary N) is 3. The van der Waals surface area contributed by atoms with Gasteiger partial charge in [-0.3, -0.25) is 9.78 Å². The molecule has 3 aliphatic heterocycles. The molecule has 2 aromatic carbocycles. The summed E-state index contributed by atoms with van der Waals surface area (Å²) in [6.45, 7) is 9.24. The fraction of sp³-hybridized carbons (Fsp3) is 0.543. The third kappa shape index (κ3) is 7.57. The Hall–Kier alpha value is -3.84. The lowest BCUT2D eigenvalue weighted by atomic mass is 9.99. The standard InChI is InChI=1S/C35H46BrN7O5/c1-3-5-14-40(4-2)25-10-15-41(16-11-25)32(44)30(19-24-20-31-29(21-27(24)36)39-35(47)48-31)38-33(45)42-17-12-26(13-18-42)43-22-23-8-6-7-9-28(23)37-34(43)46/h6-9,20-21,25-26,30H,3-5,10-19,22H2,1-2H3,(H,37,46)(H,38,45)(H,39,47)/t30-/m1/s1. The fourth-order valence-corrected chi connectivity index (χ4v) is 7.86. The van der Waals surface area contributed by atoms with E-state index in [1.54, 1.807) is 17.0 Å². The van der Waals surface area contributed by atoms with E-state index in [1.165, 1.54) is 0 Å². The number of anilines is 1. The van der Waals surface area contributed by atoms with Crippen LogP contribution in [0.4, 0.5) is 15.3 Å². The normalized spacial score (nSPS) is 18.2. The van der Waals surface area contributed by atoms with Crippen LogP contribution in [0, 0.1) is 0 Å². The molecule has 2 fully saturated rings. The number of carbonyl (C=O) groups is 3. The van der Waals surface area contributed by atoms with E-state index < -0.39 is 11.8 Å². The van der Waals surface area contributed by atoms with Gasteiger partial charge in [-0.05, 0) is 74.5 Å². The van der Waals surface area contributed by atoms with Gasteiger partial charge in [-0.2, -0.15) is 0 Å². The van der Waals surface area contributed by atoms with Crippen molar-refractivity contribution < 1.29 is 18.8 Å². The molecule has 258 valence electrons. The molecule has 48 heavy (non-hydrogen) atoms. The molecule has 4 heterocycles. The number of carbonyl (C=O) groups excluding carboxylic acids is 3. The largest absolute Gasteiger partial charge is 0.417 e. The summed E-state index contributed by atoms with van der Waals surface area (Å²) in [4.78, 5) is 63.3.